The molecule has 0 aliphatic rings. The Balaban J connectivity index is 2.68. The molecule has 2 atom stereocenters. The number of hydrogen-bond donors (Lipinski definition) is 2. The third kappa shape index (κ3) is 3.56. The summed E-state index contributed by atoms with van der Waals surface area (Å²) in [4.78, 5) is 0. The van der Waals surface area contributed by atoms with E-state index >= 15 is 0 Å². The fourth-order valence-electron chi connectivity index (χ4n) is 2.36. The molecule has 4 heteroatoms. The summed E-state index contributed by atoms with van der Waals surface area (Å²) in [5.41, 5.74) is 2.00. The standard InChI is InChI=1S/C14H26N2O2/c1-5-10(6-2)14(18)13(17)9-12-8-11(7-3)15-16(12)4/h8,10,13-14,17-18H,5-7,9H2,1-4H3. The summed E-state index contributed by atoms with van der Waals surface area (Å²) in [5, 5.41) is 24.6. The molecule has 1 heterocycles. The van der Waals surface area contributed by atoms with E-state index in [0.717, 1.165) is 30.7 Å². The number of nitrogens with zero attached hydrogens (tertiary/aromatic N) is 2. The van der Waals surface area contributed by atoms with Crippen LogP contribution in [0.25, 0.3) is 0 Å². The highest BCUT2D eigenvalue weighted by atomic mass is 16.3. The van der Waals surface area contributed by atoms with Crippen LogP contribution in [0.3, 0.4) is 0 Å². The summed E-state index contributed by atoms with van der Waals surface area (Å²) in [6.07, 6.45) is 1.76. The van der Waals surface area contributed by atoms with Crippen LogP contribution < -0.4 is 0 Å². The molecule has 0 aromatic carbocycles. The number of aliphatic hydroxyl groups is 2. The first-order chi connectivity index (χ1) is 8.53. The van der Waals surface area contributed by atoms with Gasteiger partial charge in [0.1, 0.15) is 0 Å². The highest BCUT2D eigenvalue weighted by molar-refractivity contribution is 5.11. The van der Waals surface area contributed by atoms with Gasteiger partial charge in [-0.2, -0.15) is 5.10 Å². The summed E-state index contributed by atoms with van der Waals surface area (Å²) in [6, 6.07) is 2.00. The van der Waals surface area contributed by atoms with Gasteiger partial charge in [-0.25, -0.2) is 0 Å². The van der Waals surface area contributed by atoms with Crippen LogP contribution in [0.4, 0.5) is 0 Å². The topological polar surface area (TPSA) is 58.3 Å². The molecular weight excluding hydrogens is 228 g/mol. The first kappa shape index (κ1) is 15.2. The van der Waals surface area contributed by atoms with Crippen molar-refractivity contribution in [3.05, 3.63) is 17.5 Å². The van der Waals surface area contributed by atoms with Gasteiger partial charge in [0.25, 0.3) is 0 Å². The van der Waals surface area contributed by atoms with Crippen LogP contribution in [0.5, 0.6) is 0 Å². The van der Waals surface area contributed by atoms with Crippen molar-refractivity contribution in [2.45, 2.75) is 58.7 Å². The number of hydrogen-bond acceptors (Lipinski definition) is 3. The molecule has 1 aromatic heterocycles. The third-order valence-corrected chi connectivity index (χ3v) is 3.73. The molecule has 0 bridgehead atoms. The van der Waals surface area contributed by atoms with Crippen molar-refractivity contribution in [1.29, 1.82) is 0 Å². The largest absolute Gasteiger partial charge is 0.390 e. The van der Waals surface area contributed by atoms with Crippen LogP contribution in [0.15, 0.2) is 6.07 Å². The summed E-state index contributed by atoms with van der Waals surface area (Å²) >= 11 is 0. The average molecular weight is 254 g/mol. The van der Waals surface area contributed by atoms with E-state index in [4.69, 9.17) is 0 Å². The zero-order valence-corrected chi connectivity index (χ0v) is 11.9. The lowest BCUT2D eigenvalue weighted by atomic mass is 9.91. The van der Waals surface area contributed by atoms with Crippen LogP contribution in [0.1, 0.15) is 45.0 Å². The van der Waals surface area contributed by atoms with Crippen LogP contribution in [0, 0.1) is 5.92 Å². The SMILES string of the molecule is CCc1cc(CC(O)C(O)C(CC)CC)n(C)n1. The van der Waals surface area contributed by atoms with Gasteiger partial charge in [-0.1, -0.05) is 33.6 Å². The molecule has 0 spiro atoms. The third-order valence-electron chi connectivity index (χ3n) is 3.73. The molecular formula is C14H26N2O2. The van der Waals surface area contributed by atoms with Crippen molar-refractivity contribution in [3.8, 4) is 0 Å². The second-order valence-electron chi connectivity index (χ2n) is 4.94. The molecule has 2 N–H and O–H groups in total. The van der Waals surface area contributed by atoms with Gasteiger partial charge >= 0.3 is 0 Å². The lowest BCUT2D eigenvalue weighted by molar-refractivity contribution is -0.0195. The van der Waals surface area contributed by atoms with Crippen molar-refractivity contribution in [3.63, 3.8) is 0 Å². The maximum absolute atomic E-state index is 10.1. The van der Waals surface area contributed by atoms with Gasteiger partial charge < -0.3 is 10.2 Å². The molecule has 0 saturated carbocycles. The monoisotopic (exact) mass is 254 g/mol. The van der Waals surface area contributed by atoms with E-state index in [1.54, 1.807) is 4.68 Å². The van der Waals surface area contributed by atoms with E-state index in [1.165, 1.54) is 0 Å². The fraction of sp³-hybridized carbons (Fsp3) is 0.786. The number of aryl methyl sites for hydroxylation is 2. The highest BCUT2D eigenvalue weighted by Crippen LogP contribution is 2.18. The van der Waals surface area contributed by atoms with Crippen molar-refractivity contribution >= 4 is 0 Å². The first-order valence-corrected chi connectivity index (χ1v) is 6.91. The molecule has 0 saturated heterocycles. The van der Waals surface area contributed by atoms with E-state index in [-0.39, 0.29) is 5.92 Å². The molecule has 0 radical (unpaired) electrons. The fourth-order valence-corrected chi connectivity index (χ4v) is 2.36. The van der Waals surface area contributed by atoms with Crippen molar-refractivity contribution < 1.29 is 10.2 Å². The van der Waals surface area contributed by atoms with E-state index < -0.39 is 12.2 Å². The van der Waals surface area contributed by atoms with Crippen LogP contribution >= 0.6 is 0 Å². The Hall–Kier alpha value is -0.870. The number of aromatic nitrogens is 2. The predicted molar refractivity (Wildman–Crippen MR) is 72.4 cm³/mol. The summed E-state index contributed by atoms with van der Waals surface area (Å²) < 4.78 is 1.79. The van der Waals surface area contributed by atoms with E-state index in [0.29, 0.717) is 6.42 Å². The van der Waals surface area contributed by atoms with Gasteiger partial charge in [-0.15, -0.1) is 0 Å². The zero-order chi connectivity index (χ0) is 13.7. The van der Waals surface area contributed by atoms with Gasteiger partial charge in [0.2, 0.25) is 0 Å². The molecule has 4 nitrogen and oxygen atoms in total. The Morgan fingerprint density at radius 1 is 1.22 bits per heavy atom. The number of rotatable bonds is 7. The molecule has 2 unspecified atom stereocenters. The summed E-state index contributed by atoms with van der Waals surface area (Å²) in [6.45, 7) is 6.15. The van der Waals surface area contributed by atoms with E-state index in [2.05, 4.69) is 12.0 Å². The second kappa shape index (κ2) is 6.90. The second-order valence-corrected chi connectivity index (χ2v) is 4.94. The maximum Gasteiger partial charge on any atom is 0.0856 e. The Morgan fingerprint density at radius 2 is 1.83 bits per heavy atom. The van der Waals surface area contributed by atoms with Crippen LogP contribution in [-0.2, 0) is 19.9 Å². The molecule has 1 rings (SSSR count). The molecule has 0 aliphatic heterocycles. The van der Waals surface area contributed by atoms with E-state index in [9.17, 15) is 10.2 Å². The van der Waals surface area contributed by atoms with Crippen molar-refractivity contribution in [2.75, 3.05) is 0 Å². The minimum absolute atomic E-state index is 0.166. The molecule has 0 amide bonds. The number of aliphatic hydroxyl groups excluding tert-OH is 2. The lowest BCUT2D eigenvalue weighted by Crippen LogP contribution is -2.35. The smallest absolute Gasteiger partial charge is 0.0856 e. The van der Waals surface area contributed by atoms with Gasteiger partial charge in [-0.3, -0.25) is 4.68 Å². The zero-order valence-electron chi connectivity index (χ0n) is 11.9. The molecule has 1 aromatic rings. The average Bonchev–Trinajstić information content (AvgIpc) is 2.71. The van der Waals surface area contributed by atoms with Gasteiger partial charge in [-0.05, 0) is 18.4 Å². The van der Waals surface area contributed by atoms with Crippen LogP contribution in [0.2, 0.25) is 0 Å². The predicted octanol–water partition coefficient (Wildman–Crippen LogP) is 1.68. The van der Waals surface area contributed by atoms with Gasteiger partial charge in [0.15, 0.2) is 0 Å². The van der Waals surface area contributed by atoms with Crippen LogP contribution in [-0.4, -0.2) is 32.2 Å². The highest BCUT2D eigenvalue weighted by Gasteiger charge is 2.24. The molecule has 18 heavy (non-hydrogen) atoms. The Morgan fingerprint density at radius 3 is 2.28 bits per heavy atom. The molecule has 0 fully saturated rings. The van der Waals surface area contributed by atoms with Gasteiger partial charge in [0.05, 0.1) is 17.9 Å². The maximum atomic E-state index is 10.1. The van der Waals surface area contributed by atoms with Crippen molar-refractivity contribution in [1.82, 2.24) is 9.78 Å². The quantitative estimate of drug-likeness (QED) is 0.778. The molecule has 104 valence electrons. The normalized spacial score (nSPS) is 15.1. The first-order valence-electron chi connectivity index (χ1n) is 6.91. The summed E-state index contributed by atoms with van der Waals surface area (Å²) in [7, 11) is 1.88. The minimum atomic E-state index is -0.713. The minimum Gasteiger partial charge on any atom is -0.390 e. The van der Waals surface area contributed by atoms with Crippen molar-refractivity contribution in [2.24, 2.45) is 13.0 Å². The van der Waals surface area contributed by atoms with E-state index in [1.807, 2.05) is 27.0 Å². The Kier molecular flexibility index (Phi) is 5.82. The Labute approximate surface area is 110 Å². The van der Waals surface area contributed by atoms with Gasteiger partial charge in [0, 0.05) is 19.2 Å². The summed E-state index contributed by atoms with van der Waals surface area (Å²) in [5.74, 6) is 0.166. The Bertz CT molecular complexity index is 359. The lowest BCUT2D eigenvalue weighted by Gasteiger charge is -2.25. The molecule has 0 aliphatic carbocycles.